The highest BCUT2D eigenvalue weighted by atomic mass is 16.5. The zero-order valence-corrected chi connectivity index (χ0v) is 14.0. The van der Waals surface area contributed by atoms with Crippen LogP contribution < -0.4 is 10.4 Å². The summed E-state index contributed by atoms with van der Waals surface area (Å²) in [7, 11) is 1.61. The number of ether oxygens (including phenoxy) is 1. The summed E-state index contributed by atoms with van der Waals surface area (Å²) >= 11 is 0. The van der Waals surface area contributed by atoms with Crippen molar-refractivity contribution in [3.8, 4) is 5.75 Å². The topological polar surface area (TPSA) is 91.1 Å². The van der Waals surface area contributed by atoms with E-state index in [-0.39, 0.29) is 17.5 Å². The Morgan fingerprint density at radius 1 is 1.46 bits per heavy atom. The fourth-order valence-electron chi connectivity index (χ4n) is 3.22. The quantitative estimate of drug-likeness (QED) is 0.885. The molecule has 0 aliphatic carbocycles. The van der Waals surface area contributed by atoms with Crippen LogP contribution >= 0.6 is 0 Å². The molecule has 2 N–H and O–H groups in total. The number of nitrogens with zero attached hydrogens (tertiary/aromatic N) is 2. The first-order valence-electron chi connectivity index (χ1n) is 8.12. The Labute approximate surface area is 140 Å². The molecular formula is C17H22N4O3. The van der Waals surface area contributed by atoms with Crippen molar-refractivity contribution in [1.82, 2.24) is 20.1 Å². The summed E-state index contributed by atoms with van der Waals surface area (Å²) in [6.07, 6.45) is 2.13. The molecule has 1 aromatic heterocycles. The van der Waals surface area contributed by atoms with Crippen LogP contribution in [-0.4, -0.2) is 46.2 Å². The maximum Gasteiger partial charge on any atom is 0.340 e. The number of hydrogen-bond donors (Lipinski definition) is 2. The Bertz CT molecular complexity index is 780. The number of H-pyrrole nitrogens is 2. The predicted octanol–water partition coefficient (Wildman–Crippen LogP) is 1.36. The zero-order chi connectivity index (χ0) is 17.1. The fraction of sp³-hybridized carbons (Fsp3) is 0.471. The number of carbonyl (C=O) groups excluding carboxylic acids is 1. The van der Waals surface area contributed by atoms with Crippen molar-refractivity contribution in [2.24, 2.45) is 0 Å². The molecule has 24 heavy (non-hydrogen) atoms. The van der Waals surface area contributed by atoms with Gasteiger partial charge in [-0.3, -0.25) is 9.78 Å². The molecule has 1 saturated heterocycles. The minimum atomic E-state index is -0.307. The number of likely N-dealkylation sites (tertiary alicyclic amines) is 1. The van der Waals surface area contributed by atoms with E-state index in [1.54, 1.807) is 7.11 Å². The number of nitrogens with one attached hydrogen (secondary N) is 2. The molecule has 7 heteroatoms. The summed E-state index contributed by atoms with van der Waals surface area (Å²) < 4.78 is 5.36. The van der Waals surface area contributed by atoms with E-state index in [1.807, 2.05) is 30.0 Å². The molecule has 0 bridgehead atoms. The average Bonchev–Trinajstić information content (AvgIpc) is 3.02. The van der Waals surface area contributed by atoms with Crippen LogP contribution in [0.1, 0.15) is 35.7 Å². The minimum Gasteiger partial charge on any atom is -0.496 e. The van der Waals surface area contributed by atoms with Gasteiger partial charge in [0.15, 0.2) is 0 Å². The van der Waals surface area contributed by atoms with E-state index < -0.39 is 0 Å². The van der Waals surface area contributed by atoms with Crippen LogP contribution in [0.15, 0.2) is 23.0 Å². The van der Waals surface area contributed by atoms with E-state index in [0.29, 0.717) is 18.8 Å². The van der Waals surface area contributed by atoms with Crippen LogP contribution in [0, 0.1) is 6.92 Å². The van der Waals surface area contributed by atoms with Gasteiger partial charge in [-0.05, 0) is 25.8 Å². The molecule has 128 valence electrons. The van der Waals surface area contributed by atoms with Gasteiger partial charge >= 0.3 is 5.69 Å². The van der Waals surface area contributed by atoms with Crippen LogP contribution in [0.2, 0.25) is 0 Å². The number of piperidine rings is 1. The number of aryl methyl sites for hydroxylation is 1. The van der Waals surface area contributed by atoms with Gasteiger partial charge < -0.3 is 9.64 Å². The van der Waals surface area contributed by atoms with Crippen molar-refractivity contribution in [2.75, 3.05) is 20.2 Å². The lowest BCUT2D eigenvalue weighted by atomic mass is 9.96. The molecule has 2 aromatic rings. The van der Waals surface area contributed by atoms with Gasteiger partial charge in [0.05, 0.1) is 13.5 Å². The number of methoxy groups -OCH3 is 1. The van der Waals surface area contributed by atoms with Crippen molar-refractivity contribution >= 4 is 5.91 Å². The molecule has 1 atom stereocenters. The van der Waals surface area contributed by atoms with Crippen molar-refractivity contribution < 1.29 is 9.53 Å². The van der Waals surface area contributed by atoms with Gasteiger partial charge in [0.1, 0.15) is 11.6 Å². The van der Waals surface area contributed by atoms with Gasteiger partial charge in [-0.1, -0.05) is 17.7 Å². The lowest BCUT2D eigenvalue weighted by molar-refractivity contribution is -0.131. The minimum absolute atomic E-state index is 0.0704. The second-order valence-electron chi connectivity index (χ2n) is 6.23. The van der Waals surface area contributed by atoms with Crippen molar-refractivity contribution in [3.05, 3.63) is 45.6 Å². The van der Waals surface area contributed by atoms with Crippen LogP contribution in [0.5, 0.6) is 5.75 Å². The molecule has 1 aliphatic rings. The lowest BCUT2D eigenvalue weighted by Gasteiger charge is -2.31. The molecule has 1 aliphatic heterocycles. The average molecular weight is 330 g/mol. The number of amides is 1. The molecule has 0 saturated carbocycles. The Balaban J connectivity index is 1.71. The van der Waals surface area contributed by atoms with Crippen LogP contribution in [-0.2, 0) is 11.2 Å². The van der Waals surface area contributed by atoms with Crippen LogP contribution in [0.3, 0.4) is 0 Å². The smallest absolute Gasteiger partial charge is 0.340 e. The summed E-state index contributed by atoms with van der Waals surface area (Å²) in [6, 6.07) is 5.85. The first-order valence-corrected chi connectivity index (χ1v) is 8.12. The second-order valence-corrected chi connectivity index (χ2v) is 6.23. The van der Waals surface area contributed by atoms with Gasteiger partial charge in [-0.2, -0.15) is 5.10 Å². The number of benzene rings is 1. The summed E-state index contributed by atoms with van der Waals surface area (Å²) in [6.45, 7) is 3.31. The monoisotopic (exact) mass is 330 g/mol. The van der Waals surface area contributed by atoms with Crippen molar-refractivity contribution in [2.45, 2.75) is 32.1 Å². The predicted molar refractivity (Wildman–Crippen MR) is 89.2 cm³/mol. The molecule has 3 rings (SSSR count). The number of rotatable bonds is 4. The number of aromatic amines is 2. The lowest BCUT2D eigenvalue weighted by Crippen LogP contribution is -2.40. The third kappa shape index (κ3) is 3.50. The molecule has 1 aromatic carbocycles. The molecule has 1 fully saturated rings. The molecule has 0 radical (unpaired) electrons. The van der Waals surface area contributed by atoms with Gasteiger partial charge in [-0.15, -0.1) is 0 Å². The summed E-state index contributed by atoms with van der Waals surface area (Å²) in [5.74, 6) is 1.51. The zero-order valence-electron chi connectivity index (χ0n) is 14.0. The van der Waals surface area contributed by atoms with E-state index in [4.69, 9.17) is 4.74 Å². The van der Waals surface area contributed by atoms with E-state index in [9.17, 15) is 9.59 Å². The SMILES string of the molecule is COc1ccc(C)cc1CC(=O)N1CCCC(c2n[nH]c(=O)[nH]2)C1. The number of carbonyl (C=O) groups is 1. The maximum absolute atomic E-state index is 12.7. The van der Waals surface area contributed by atoms with Crippen LogP contribution in [0.4, 0.5) is 0 Å². The van der Waals surface area contributed by atoms with E-state index in [2.05, 4.69) is 15.2 Å². The summed E-state index contributed by atoms with van der Waals surface area (Å²) in [5, 5.41) is 6.40. The Morgan fingerprint density at radius 2 is 2.29 bits per heavy atom. The maximum atomic E-state index is 12.7. The Hall–Kier alpha value is -2.57. The highest BCUT2D eigenvalue weighted by Crippen LogP contribution is 2.25. The summed E-state index contributed by atoms with van der Waals surface area (Å²) in [5.41, 5.74) is 1.69. The second kappa shape index (κ2) is 6.90. The molecule has 0 spiro atoms. The van der Waals surface area contributed by atoms with Crippen molar-refractivity contribution in [1.29, 1.82) is 0 Å². The van der Waals surface area contributed by atoms with Gasteiger partial charge in [0.2, 0.25) is 5.91 Å². The molecule has 1 unspecified atom stereocenters. The Morgan fingerprint density at radius 3 is 3.00 bits per heavy atom. The van der Waals surface area contributed by atoms with E-state index >= 15 is 0 Å². The first-order chi connectivity index (χ1) is 11.6. The third-order valence-electron chi connectivity index (χ3n) is 4.46. The Kier molecular flexibility index (Phi) is 4.69. The standard InChI is InChI=1S/C17H22N4O3/c1-11-5-6-14(24-2)13(8-11)9-15(22)21-7-3-4-12(10-21)16-18-17(23)20-19-16/h5-6,8,12H,3-4,7,9-10H2,1-2H3,(H2,18,19,20,23). The molecule has 2 heterocycles. The fourth-order valence-corrected chi connectivity index (χ4v) is 3.22. The van der Waals surface area contributed by atoms with Gasteiger partial charge in [0, 0.05) is 24.6 Å². The highest BCUT2D eigenvalue weighted by Gasteiger charge is 2.27. The van der Waals surface area contributed by atoms with Gasteiger partial charge in [-0.25, -0.2) is 9.89 Å². The van der Waals surface area contributed by atoms with Gasteiger partial charge in [0.25, 0.3) is 0 Å². The molecule has 7 nitrogen and oxygen atoms in total. The number of hydrogen-bond acceptors (Lipinski definition) is 4. The van der Waals surface area contributed by atoms with E-state index in [0.717, 1.165) is 36.3 Å². The van der Waals surface area contributed by atoms with Crippen LogP contribution in [0.25, 0.3) is 0 Å². The van der Waals surface area contributed by atoms with E-state index in [1.165, 1.54) is 0 Å². The normalized spacial score (nSPS) is 17.8. The molecule has 1 amide bonds. The first kappa shape index (κ1) is 16.3. The third-order valence-corrected chi connectivity index (χ3v) is 4.46. The van der Waals surface area contributed by atoms with Crippen molar-refractivity contribution in [3.63, 3.8) is 0 Å². The summed E-state index contributed by atoms with van der Waals surface area (Å²) in [4.78, 5) is 28.5. The highest BCUT2D eigenvalue weighted by molar-refractivity contribution is 5.79. The largest absolute Gasteiger partial charge is 0.496 e. The molecular weight excluding hydrogens is 308 g/mol. The number of aromatic nitrogens is 3.